The molecule has 5 atom stereocenters. The molecule has 2 saturated carbocycles. The van der Waals surface area contributed by atoms with Gasteiger partial charge in [0.2, 0.25) is 11.7 Å². The molecule has 0 aromatic heterocycles. The van der Waals surface area contributed by atoms with Crippen molar-refractivity contribution in [1.29, 1.82) is 0 Å². The van der Waals surface area contributed by atoms with Crippen molar-refractivity contribution in [3.63, 3.8) is 0 Å². The van der Waals surface area contributed by atoms with E-state index in [2.05, 4.69) is 27.9 Å². The predicted molar refractivity (Wildman–Crippen MR) is 151 cm³/mol. The quantitative estimate of drug-likeness (QED) is 0.263. The minimum absolute atomic E-state index is 0.0165. The van der Waals surface area contributed by atoms with Gasteiger partial charge >= 0.3 is 6.03 Å². The summed E-state index contributed by atoms with van der Waals surface area (Å²) in [5.74, 6) is -1.94. The van der Waals surface area contributed by atoms with Crippen molar-refractivity contribution in [3.05, 3.63) is 0 Å². The van der Waals surface area contributed by atoms with Crippen molar-refractivity contribution < 1.29 is 24.3 Å². The maximum Gasteiger partial charge on any atom is 0.315 e. The van der Waals surface area contributed by atoms with Gasteiger partial charge in [-0.1, -0.05) is 40.0 Å². The molecule has 11 nitrogen and oxygen atoms in total. The Morgan fingerprint density at radius 1 is 1.02 bits per heavy atom. The maximum absolute atomic E-state index is 13.9. The molecule has 0 aromatic rings. The van der Waals surface area contributed by atoms with Gasteiger partial charge in [-0.3, -0.25) is 24.2 Å². The summed E-state index contributed by atoms with van der Waals surface area (Å²) in [6.45, 7) is 12.8. The second-order valence-corrected chi connectivity index (χ2v) is 15.0. The summed E-state index contributed by atoms with van der Waals surface area (Å²) in [6.07, 6.45) is 4.84. The first kappa shape index (κ1) is 30.7. The number of amides is 4. The Bertz CT molecular complexity index is 1030. The van der Waals surface area contributed by atoms with Gasteiger partial charge in [0.1, 0.15) is 6.23 Å². The summed E-state index contributed by atoms with van der Waals surface area (Å²) in [5, 5.41) is 20.6. The summed E-state index contributed by atoms with van der Waals surface area (Å²) in [7, 11) is 2.10. The van der Waals surface area contributed by atoms with Crippen LogP contribution in [0.5, 0.6) is 0 Å². The van der Waals surface area contributed by atoms with Crippen LogP contribution in [-0.4, -0.2) is 94.1 Å². The van der Waals surface area contributed by atoms with Gasteiger partial charge in [0.05, 0.1) is 18.1 Å². The number of nitrogens with zero attached hydrogens (tertiary/aromatic N) is 2. The molecule has 11 heteroatoms. The number of Topliss-reactive ketones (excluding diaryl/α,β-unsaturated/α-hetero) is 1. The van der Waals surface area contributed by atoms with Crippen molar-refractivity contribution in [2.24, 2.45) is 22.5 Å². The monoisotopic (exact) mass is 562 g/mol. The van der Waals surface area contributed by atoms with Crippen LogP contribution in [0.4, 0.5) is 4.79 Å². The molecule has 0 bridgehead atoms. The zero-order valence-corrected chi connectivity index (χ0v) is 25.3. The lowest BCUT2D eigenvalue weighted by atomic mass is 9.67. The summed E-state index contributed by atoms with van der Waals surface area (Å²) in [4.78, 5) is 55.5. The number of fused-ring (bicyclic) bond motifs is 1. The number of ketones is 1. The Kier molecular flexibility index (Phi) is 8.10. The third-order valence-electron chi connectivity index (χ3n) is 9.77. The molecule has 2 spiro atoms. The van der Waals surface area contributed by atoms with Gasteiger partial charge in [-0.15, -0.1) is 0 Å². The summed E-state index contributed by atoms with van der Waals surface area (Å²) < 4.78 is 0. The first-order valence-electron chi connectivity index (χ1n) is 14.8. The number of likely N-dealkylation sites (tertiary alicyclic amines) is 2. The van der Waals surface area contributed by atoms with Gasteiger partial charge in [-0.05, 0) is 64.8 Å². The molecular formula is C29H50N6O5. The van der Waals surface area contributed by atoms with E-state index in [1.54, 1.807) is 0 Å². The molecule has 226 valence electrons. The molecule has 2 aliphatic carbocycles. The van der Waals surface area contributed by atoms with Crippen molar-refractivity contribution in [2.45, 2.75) is 122 Å². The Hall–Kier alpha value is -2.24. The number of nitrogens with two attached hydrogens (primary N) is 1. The highest BCUT2D eigenvalue weighted by atomic mass is 16.3. The molecule has 4 rings (SSSR count). The first-order valence-corrected chi connectivity index (χ1v) is 14.8. The third kappa shape index (κ3) is 5.87. The molecule has 2 heterocycles. The van der Waals surface area contributed by atoms with Crippen LogP contribution in [-0.2, 0) is 14.4 Å². The van der Waals surface area contributed by atoms with Crippen molar-refractivity contribution in [2.75, 3.05) is 20.1 Å². The summed E-state index contributed by atoms with van der Waals surface area (Å²) in [5.41, 5.74) is 4.20. The molecule has 6 N–H and O–H groups in total. The molecule has 4 amide bonds. The van der Waals surface area contributed by atoms with E-state index in [1.165, 1.54) is 0 Å². The first-order chi connectivity index (χ1) is 18.4. The number of hydrogen-bond donors (Lipinski definition) is 5. The fourth-order valence-corrected chi connectivity index (χ4v) is 7.26. The van der Waals surface area contributed by atoms with Gasteiger partial charge < -0.3 is 26.8 Å². The molecule has 4 aliphatic rings. The Balaban J connectivity index is 1.59. The van der Waals surface area contributed by atoms with E-state index in [4.69, 9.17) is 5.73 Å². The van der Waals surface area contributed by atoms with E-state index < -0.39 is 53.0 Å². The van der Waals surface area contributed by atoms with Crippen LogP contribution >= 0.6 is 0 Å². The number of urea groups is 1. The van der Waals surface area contributed by atoms with Crippen LogP contribution in [0.3, 0.4) is 0 Å². The zero-order valence-electron chi connectivity index (χ0n) is 25.3. The van der Waals surface area contributed by atoms with E-state index in [1.807, 2.05) is 46.4 Å². The molecule has 2 aliphatic heterocycles. The average Bonchev–Trinajstić information content (AvgIpc) is 3.55. The zero-order chi connectivity index (χ0) is 29.8. The second kappa shape index (κ2) is 10.5. The van der Waals surface area contributed by atoms with Gasteiger partial charge in [-0.25, -0.2) is 4.79 Å². The average molecular weight is 563 g/mol. The highest BCUT2D eigenvalue weighted by Gasteiger charge is 2.73. The van der Waals surface area contributed by atoms with Crippen LogP contribution in [0.1, 0.15) is 86.5 Å². The topological polar surface area (TPSA) is 157 Å². The largest absolute Gasteiger partial charge is 0.376 e. The molecule has 2 unspecified atom stereocenters. The van der Waals surface area contributed by atoms with Gasteiger partial charge in [0.15, 0.2) is 0 Å². The van der Waals surface area contributed by atoms with Crippen LogP contribution in [0.15, 0.2) is 0 Å². The fraction of sp³-hybridized carbons (Fsp3) is 0.862. The Morgan fingerprint density at radius 3 is 2.10 bits per heavy atom. The highest BCUT2D eigenvalue weighted by molar-refractivity contribution is 6.37. The van der Waals surface area contributed by atoms with E-state index in [-0.39, 0.29) is 22.8 Å². The standard InChI is InChI=1S/C29H50N6O5/c1-26(2,3)21(32-25(40)33-27(4,5)6)24(39)35-16-28(15-34(7)29(28)11-12-29)14-19(35)23(38)31-18(20(36)22(30)37)13-17-9-8-10-17/h17-19,21,24,39H,8-16H2,1-7H3,(H2,30,37)(H,31,38)(H2,32,33,40)/t18?,19-,21+,24?,28+/m0/s1. The number of aliphatic hydroxyl groups excluding tert-OH is 1. The van der Waals surface area contributed by atoms with Crippen LogP contribution in [0.25, 0.3) is 0 Å². The van der Waals surface area contributed by atoms with Gasteiger partial charge in [0, 0.05) is 29.6 Å². The summed E-state index contributed by atoms with van der Waals surface area (Å²) >= 11 is 0. The lowest BCUT2D eigenvalue weighted by molar-refractivity contribution is -0.140. The normalized spacial score (nSPS) is 28.8. The Labute approximate surface area is 238 Å². The van der Waals surface area contributed by atoms with Gasteiger partial charge in [0.25, 0.3) is 5.91 Å². The third-order valence-corrected chi connectivity index (χ3v) is 9.77. The fourth-order valence-electron chi connectivity index (χ4n) is 7.26. The molecule has 4 fully saturated rings. The van der Waals surface area contributed by atoms with Gasteiger partial charge in [-0.2, -0.15) is 0 Å². The predicted octanol–water partition coefficient (Wildman–Crippen LogP) is 1.09. The number of carbonyl (C=O) groups is 4. The number of primary amides is 1. The van der Waals surface area contributed by atoms with E-state index in [0.717, 1.165) is 38.6 Å². The number of nitrogens with one attached hydrogen (secondary N) is 3. The SMILES string of the molecule is CN1C[C@@]2(C[C@@H](C(=O)NC(CC3CCC3)C(=O)C(N)=O)N(C(O)[C@@H](NC(=O)NC(C)(C)C)C(C)(C)C)C2)C12CC2. The van der Waals surface area contributed by atoms with E-state index in [0.29, 0.717) is 19.4 Å². The molecular weight excluding hydrogens is 512 g/mol. The number of rotatable bonds is 9. The molecule has 40 heavy (non-hydrogen) atoms. The van der Waals surface area contributed by atoms with Crippen LogP contribution in [0.2, 0.25) is 0 Å². The highest BCUT2D eigenvalue weighted by Crippen LogP contribution is 2.66. The minimum Gasteiger partial charge on any atom is -0.376 e. The second-order valence-electron chi connectivity index (χ2n) is 15.0. The lowest BCUT2D eigenvalue weighted by Crippen LogP contribution is -2.67. The number of carbonyl (C=O) groups excluding carboxylic acids is 4. The van der Waals surface area contributed by atoms with E-state index >= 15 is 0 Å². The maximum atomic E-state index is 13.9. The van der Waals surface area contributed by atoms with Crippen molar-refractivity contribution >= 4 is 23.6 Å². The molecule has 0 radical (unpaired) electrons. The smallest absolute Gasteiger partial charge is 0.315 e. The van der Waals surface area contributed by atoms with Crippen LogP contribution < -0.4 is 21.7 Å². The lowest BCUT2D eigenvalue weighted by Gasteiger charge is -2.56. The summed E-state index contributed by atoms with van der Waals surface area (Å²) in [6, 6.07) is -2.77. The van der Waals surface area contributed by atoms with E-state index in [9.17, 15) is 24.3 Å². The molecule has 0 aromatic carbocycles. The van der Waals surface area contributed by atoms with Crippen molar-refractivity contribution in [1.82, 2.24) is 25.8 Å². The van der Waals surface area contributed by atoms with Crippen LogP contribution in [0, 0.1) is 16.7 Å². The number of aliphatic hydroxyl groups is 1. The Morgan fingerprint density at radius 2 is 1.65 bits per heavy atom. The number of hydrogen-bond acceptors (Lipinski definition) is 7. The van der Waals surface area contributed by atoms with Crippen molar-refractivity contribution in [3.8, 4) is 0 Å². The minimum atomic E-state index is -1.15. The molecule has 2 saturated heterocycles.